The highest BCUT2D eigenvalue weighted by Gasteiger charge is 2.52. The molecule has 5 heteroatoms. The summed E-state index contributed by atoms with van der Waals surface area (Å²) in [7, 11) is -0.459. The Labute approximate surface area is 108 Å². The number of rotatable bonds is 2. The van der Waals surface area contributed by atoms with E-state index in [1.54, 1.807) is 18.5 Å². The van der Waals surface area contributed by atoms with Gasteiger partial charge in [0, 0.05) is 11.7 Å². The molecule has 4 nitrogen and oxygen atoms in total. The molecule has 2 rings (SSSR count). The highest BCUT2D eigenvalue weighted by molar-refractivity contribution is 6.63. The number of nitrogen functional groups attached to an aromatic ring is 1. The van der Waals surface area contributed by atoms with Crippen LogP contribution in [-0.2, 0) is 9.31 Å². The summed E-state index contributed by atoms with van der Waals surface area (Å²) in [6, 6.07) is 0. The van der Waals surface area contributed by atoms with Crippen LogP contribution in [0.25, 0.3) is 6.08 Å². The molecule has 18 heavy (non-hydrogen) atoms. The SMILES string of the molecule is C=Cc1c(N)cncc1B1OC(C)(C)C(C)(C)O1. The van der Waals surface area contributed by atoms with E-state index in [9.17, 15) is 0 Å². The van der Waals surface area contributed by atoms with Crippen LogP contribution >= 0.6 is 0 Å². The van der Waals surface area contributed by atoms with Crippen molar-refractivity contribution >= 4 is 24.3 Å². The summed E-state index contributed by atoms with van der Waals surface area (Å²) in [6.07, 6.45) is 5.03. The van der Waals surface area contributed by atoms with E-state index in [-0.39, 0.29) is 11.2 Å². The average molecular weight is 246 g/mol. The van der Waals surface area contributed by atoms with Gasteiger partial charge in [0.25, 0.3) is 0 Å². The molecule has 1 aromatic rings. The van der Waals surface area contributed by atoms with Crippen LogP contribution < -0.4 is 11.2 Å². The lowest BCUT2D eigenvalue weighted by atomic mass is 9.77. The molecule has 1 aliphatic heterocycles. The summed E-state index contributed by atoms with van der Waals surface area (Å²) in [5.41, 5.74) is 7.37. The molecule has 0 unspecified atom stereocenters. The third-order valence-corrected chi connectivity index (χ3v) is 3.76. The van der Waals surface area contributed by atoms with E-state index in [1.165, 1.54) is 0 Å². The Balaban J connectivity index is 2.41. The Hall–Kier alpha value is -1.33. The second kappa shape index (κ2) is 4.11. The zero-order valence-corrected chi connectivity index (χ0v) is 11.4. The fraction of sp³-hybridized carbons (Fsp3) is 0.462. The maximum atomic E-state index is 5.98. The third kappa shape index (κ3) is 1.93. The number of hydrogen-bond donors (Lipinski definition) is 1. The molecule has 0 aliphatic carbocycles. The lowest BCUT2D eigenvalue weighted by Crippen LogP contribution is -2.41. The van der Waals surface area contributed by atoms with E-state index < -0.39 is 7.12 Å². The van der Waals surface area contributed by atoms with Crippen LogP contribution in [0.15, 0.2) is 19.0 Å². The topological polar surface area (TPSA) is 57.4 Å². The largest absolute Gasteiger partial charge is 0.497 e. The first-order chi connectivity index (χ1) is 8.28. The van der Waals surface area contributed by atoms with Crippen LogP contribution in [0.4, 0.5) is 5.69 Å². The zero-order valence-electron chi connectivity index (χ0n) is 11.4. The van der Waals surface area contributed by atoms with Crippen molar-refractivity contribution in [2.45, 2.75) is 38.9 Å². The van der Waals surface area contributed by atoms with Crippen molar-refractivity contribution < 1.29 is 9.31 Å². The molecule has 2 N–H and O–H groups in total. The minimum Gasteiger partial charge on any atom is -0.399 e. The van der Waals surface area contributed by atoms with Crippen LogP contribution in [0.5, 0.6) is 0 Å². The van der Waals surface area contributed by atoms with Gasteiger partial charge < -0.3 is 15.0 Å². The first-order valence-corrected chi connectivity index (χ1v) is 6.00. The van der Waals surface area contributed by atoms with Crippen LogP contribution in [0.1, 0.15) is 33.3 Å². The highest BCUT2D eigenvalue weighted by atomic mass is 16.7. The van der Waals surface area contributed by atoms with Crippen LogP contribution in [0.2, 0.25) is 0 Å². The molecule has 0 aromatic carbocycles. The predicted molar refractivity (Wildman–Crippen MR) is 74.5 cm³/mol. The van der Waals surface area contributed by atoms with Crippen molar-refractivity contribution in [3.05, 3.63) is 24.5 Å². The molecule has 0 spiro atoms. The molecule has 0 atom stereocenters. The third-order valence-electron chi connectivity index (χ3n) is 3.76. The number of anilines is 1. The van der Waals surface area contributed by atoms with E-state index in [1.807, 2.05) is 27.7 Å². The van der Waals surface area contributed by atoms with Gasteiger partial charge in [-0.3, -0.25) is 4.98 Å². The van der Waals surface area contributed by atoms with Gasteiger partial charge in [0.15, 0.2) is 0 Å². The van der Waals surface area contributed by atoms with Gasteiger partial charge in [-0.2, -0.15) is 0 Å². The van der Waals surface area contributed by atoms with Crippen molar-refractivity contribution in [1.82, 2.24) is 4.98 Å². The van der Waals surface area contributed by atoms with Crippen LogP contribution in [0.3, 0.4) is 0 Å². The molecule has 1 fully saturated rings. The molecular formula is C13H19BN2O2. The van der Waals surface area contributed by atoms with Gasteiger partial charge in [-0.25, -0.2) is 0 Å². The maximum absolute atomic E-state index is 5.98. The van der Waals surface area contributed by atoms with Crippen LogP contribution in [0, 0.1) is 0 Å². The molecule has 0 amide bonds. The number of nitrogens with two attached hydrogens (primary N) is 1. The Kier molecular flexibility index (Phi) is 2.99. The minimum atomic E-state index is -0.459. The predicted octanol–water partition coefficient (Wildman–Crippen LogP) is 1.61. The van der Waals surface area contributed by atoms with Crippen molar-refractivity contribution in [2.24, 2.45) is 0 Å². The van der Waals surface area contributed by atoms with E-state index in [2.05, 4.69) is 11.6 Å². The number of hydrogen-bond acceptors (Lipinski definition) is 4. The summed E-state index contributed by atoms with van der Waals surface area (Å²) in [5.74, 6) is 0. The van der Waals surface area contributed by atoms with Crippen LogP contribution in [-0.4, -0.2) is 23.3 Å². The molecule has 0 bridgehead atoms. The first-order valence-electron chi connectivity index (χ1n) is 6.00. The smallest absolute Gasteiger partial charge is 0.399 e. The van der Waals surface area contributed by atoms with Gasteiger partial charge in [-0.05, 0) is 33.3 Å². The van der Waals surface area contributed by atoms with Gasteiger partial charge in [-0.15, -0.1) is 0 Å². The fourth-order valence-corrected chi connectivity index (χ4v) is 1.90. The molecular weight excluding hydrogens is 227 g/mol. The van der Waals surface area contributed by atoms with Gasteiger partial charge in [-0.1, -0.05) is 12.7 Å². The minimum absolute atomic E-state index is 0.374. The highest BCUT2D eigenvalue weighted by Crippen LogP contribution is 2.36. The molecule has 1 aromatic heterocycles. The summed E-state index contributed by atoms with van der Waals surface area (Å²) in [6.45, 7) is 11.8. The van der Waals surface area contributed by atoms with Gasteiger partial charge in [0.1, 0.15) is 0 Å². The maximum Gasteiger partial charge on any atom is 0.497 e. The van der Waals surface area contributed by atoms with E-state index in [4.69, 9.17) is 15.0 Å². The molecule has 1 aliphatic rings. The van der Waals surface area contributed by atoms with Gasteiger partial charge in [0.2, 0.25) is 0 Å². The normalized spacial score (nSPS) is 21.0. The van der Waals surface area contributed by atoms with Crippen molar-refractivity contribution in [1.29, 1.82) is 0 Å². The number of aromatic nitrogens is 1. The molecule has 96 valence electrons. The van der Waals surface area contributed by atoms with E-state index >= 15 is 0 Å². The second-order valence-corrected chi connectivity index (χ2v) is 5.52. The molecule has 0 saturated carbocycles. The summed E-state index contributed by atoms with van der Waals surface area (Å²) in [5, 5.41) is 0. The summed E-state index contributed by atoms with van der Waals surface area (Å²) >= 11 is 0. The monoisotopic (exact) mass is 246 g/mol. The standard InChI is InChI=1S/C13H19BN2O2/c1-6-9-10(7-16-8-11(9)15)14-17-12(2,3)13(4,5)18-14/h6-8H,1,15H2,2-5H3. The fourth-order valence-electron chi connectivity index (χ4n) is 1.90. The molecule has 1 saturated heterocycles. The van der Waals surface area contributed by atoms with Crippen molar-refractivity contribution in [2.75, 3.05) is 5.73 Å². The Bertz CT molecular complexity index is 470. The summed E-state index contributed by atoms with van der Waals surface area (Å²) in [4.78, 5) is 4.10. The Morgan fingerprint density at radius 3 is 2.28 bits per heavy atom. The van der Waals surface area contributed by atoms with Crippen molar-refractivity contribution in [3.63, 3.8) is 0 Å². The lowest BCUT2D eigenvalue weighted by molar-refractivity contribution is 0.00578. The zero-order chi connectivity index (χ0) is 13.6. The Morgan fingerprint density at radius 2 is 1.78 bits per heavy atom. The number of pyridine rings is 1. The van der Waals surface area contributed by atoms with Crippen molar-refractivity contribution in [3.8, 4) is 0 Å². The van der Waals surface area contributed by atoms with E-state index in [0.29, 0.717) is 5.69 Å². The van der Waals surface area contributed by atoms with Gasteiger partial charge >= 0.3 is 7.12 Å². The first kappa shape index (κ1) is 13.1. The number of nitrogens with zero attached hydrogens (tertiary/aromatic N) is 1. The van der Waals surface area contributed by atoms with Gasteiger partial charge in [0.05, 0.1) is 23.1 Å². The second-order valence-electron chi connectivity index (χ2n) is 5.52. The quantitative estimate of drug-likeness (QED) is 0.805. The lowest BCUT2D eigenvalue weighted by Gasteiger charge is -2.32. The average Bonchev–Trinajstić information content (AvgIpc) is 2.47. The Morgan fingerprint density at radius 1 is 1.22 bits per heavy atom. The molecule has 0 radical (unpaired) electrons. The molecule has 2 heterocycles. The summed E-state index contributed by atoms with van der Waals surface area (Å²) < 4.78 is 12.0. The van der Waals surface area contributed by atoms with E-state index in [0.717, 1.165) is 11.0 Å².